The second kappa shape index (κ2) is 7.27. The molecule has 0 aliphatic rings. The predicted octanol–water partition coefficient (Wildman–Crippen LogP) is 1.89. The number of carbonyl (C=O) groups excluding carboxylic acids is 1. The van der Waals surface area contributed by atoms with E-state index >= 15 is 0 Å². The lowest BCUT2D eigenvalue weighted by Gasteiger charge is -2.17. The maximum atomic E-state index is 11.8. The minimum atomic E-state index is -0.367. The van der Waals surface area contributed by atoms with Gasteiger partial charge >= 0.3 is 0 Å². The number of hydrogen-bond acceptors (Lipinski definition) is 4. The zero-order valence-electron chi connectivity index (χ0n) is 11.5. The standard InChI is InChI=1S/C14H19N3O2/c1-4-7-16-14(18)10(2)17-12-6-5-11(9-15)8-13(12)19-3/h5-6,8,10,17H,4,7H2,1-3H3,(H,16,18). The van der Waals surface area contributed by atoms with Crippen molar-refractivity contribution >= 4 is 11.6 Å². The van der Waals surface area contributed by atoms with Crippen molar-refractivity contribution in [3.05, 3.63) is 23.8 Å². The van der Waals surface area contributed by atoms with Crippen LogP contribution in [0.25, 0.3) is 0 Å². The van der Waals surface area contributed by atoms with E-state index in [4.69, 9.17) is 10.00 Å². The van der Waals surface area contributed by atoms with E-state index in [2.05, 4.69) is 10.6 Å². The van der Waals surface area contributed by atoms with Gasteiger partial charge in [-0.25, -0.2) is 0 Å². The van der Waals surface area contributed by atoms with Crippen molar-refractivity contribution in [3.8, 4) is 11.8 Å². The van der Waals surface area contributed by atoms with Crippen LogP contribution >= 0.6 is 0 Å². The molecule has 0 saturated carbocycles. The molecule has 1 aromatic carbocycles. The van der Waals surface area contributed by atoms with Crippen molar-refractivity contribution in [1.82, 2.24) is 5.32 Å². The fraction of sp³-hybridized carbons (Fsp3) is 0.429. The van der Waals surface area contributed by atoms with Crippen LogP contribution < -0.4 is 15.4 Å². The lowest BCUT2D eigenvalue weighted by Crippen LogP contribution is -2.37. The third-order valence-corrected chi connectivity index (χ3v) is 2.65. The highest BCUT2D eigenvalue weighted by Crippen LogP contribution is 2.25. The minimum absolute atomic E-state index is 0.0618. The molecule has 1 aromatic rings. The molecule has 0 fully saturated rings. The van der Waals surface area contributed by atoms with Gasteiger partial charge in [-0.1, -0.05) is 6.92 Å². The Kier molecular flexibility index (Phi) is 5.68. The maximum absolute atomic E-state index is 11.8. The largest absolute Gasteiger partial charge is 0.495 e. The van der Waals surface area contributed by atoms with Crippen LogP contribution in [-0.4, -0.2) is 25.6 Å². The Hall–Kier alpha value is -2.22. The highest BCUT2D eigenvalue weighted by atomic mass is 16.5. The van der Waals surface area contributed by atoms with E-state index in [0.717, 1.165) is 6.42 Å². The molecule has 0 heterocycles. The van der Waals surface area contributed by atoms with Crippen LogP contribution in [0.15, 0.2) is 18.2 Å². The van der Waals surface area contributed by atoms with Crippen LogP contribution in [0.2, 0.25) is 0 Å². The van der Waals surface area contributed by atoms with Crippen molar-refractivity contribution in [2.24, 2.45) is 0 Å². The van der Waals surface area contributed by atoms with E-state index in [1.807, 2.05) is 13.0 Å². The van der Waals surface area contributed by atoms with E-state index < -0.39 is 0 Å². The molecule has 0 aromatic heterocycles. The number of nitriles is 1. The fourth-order valence-corrected chi connectivity index (χ4v) is 1.58. The van der Waals surface area contributed by atoms with E-state index in [1.54, 1.807) is 25.1 Å². The van der Waals surface area contributed by atoms with Gasteiger partial charge in [0.2, 0.25) is 5.91 Å². The summed E-state index contributed by atoms with van der Waals surface area (Å²) < 4.78 is 5.20. The van der Waals surface area contributed by atoms with Crippen molar-refractivity contribution in [1.29, 1.82) is 5.26 Å². The molecule has 1 atom stereocenters. The number of hydrogen-bond donors (Lipinski definition) is 2. The second-order valence-electron chi connectivity index (χ2n) is 4.18. The van der Waals surface area contributed by atoms with Gasteiger partial charge in [-0.3, -0.25) is 4.79 Å². The van der Waals surface area contributed by atoms with Crippen molar-refractivity contribution in [3.63, 3.8) is 0 Å². The summed E-state index contributed by atoms with van der Waals surface area (Å²) >= 11 is 0. The molecule has 1 amide bonds. The summed E-state index contributed by atoms with van der Waals surface area (Å²) in [6.07, 6.45) is 0.901. The Labute approximate surface area is 113 Å². The molecule has 19 heavy (non-hydrogen) atoms. The van der Waals surface area contributed by atoms with Crippen LogP contribution in [0.1, 0.15) is 25.8 Å². The van der Waals surface area contributed by atoms with Gasteiger partial charge in [0.15, 0.2) is 0 Å². The molecule has 0 radical (unpaired) electrons. The summed E-state index contributed by atoms with van der Waals surface area (Å²) in [6.45, 7) is 4.44. The Bertz CT molecular complexity index is 480. The first-order valence-electron chi connectivity index (χ1n) is 6.24. The van der Waals surface area contributed by atoms with Gasteiger partial charge in [0.25, 0.3) is 0 Å². The topological polar surface area (TPSA) is 74.2 Å². The van der Waals surface area contributed by atoms with Gasteiger partial charge in [-0.15, -0.1) is 0 Å². The lowest BCUT2D eigenvalue weighted by atomic mass is 10.2. The third kappa shape index (κ3) is 4.18. The van der Waals surface area contributed by atoms with Crippen molar-refractivity contribution < 1.29 is 9.53 Å². The number of benzene rings is 1. The molecule has 5 nitrogen and oxygen atoms in total. The smallest absolute Gasteiger partial charge is 0.242 e. The average Bonchev–Trinajstić information content (AvgIpc) is 2.44. The van der Waals surface area contributed by atoms with Crippen LogP contribution in [-0.2, 0) is 4.79 Å². The average molecular weight is 261 g/mol. The van der Waals surface area contributed by atoms with Gasteiger partial charge in [0.1, 0.15) is 11.8 Å². The van der Waals surface area contributed by atoms with Crippen LogP contribution in [0, 0.1) is 11.3 Å². The molecule has 1 rings (SSSR count). The summed E-state index contributed by atoms with van der Waals surface area (Å²) in [5.74, 6) is 0.488. The zero-order chi connectivity index (χ0) is 14.3. The van der Waals surface area contributed by atoms with E-state index in [1.165, 1.54) is 7.11 Å². The Morgan fingerprint density at radius 2 is 2.26 bits per heavy atom. The van der Waals surface area contributed by atoms with Gasteiger partial charge in [0, 0.05) is 12.6 Å². The van der Waals surface area contributed by atoms with Gasteiger partial charge in [0.05, 0.1) is 24.4 Å². The number of amides is 1. The molecule has 0 spiro atoms. The summed E-state index contributed by atoms with van der Waals surface area (Å²) in [7, 11) is 1.53. The molecule has 2 N–H and O–H groups in total. The summed E-state index contributed by atoms with van der Waals surface area (Å²) in [5, 5.41) is 14.7. The first-order valence-corrected chi connectivity index (χ1v) is 6.24. The van der Waals surface area contributed by atoms with Crippen LogP contribution in [0.3, 0.4) is 0 Å². The molecule has 0 aliphatic heterocycles. The normalized spacial score (nSPS) is 11.3. The fourth-order valence-electron chi connectivity index (χ4n) is 1.58. The first kappa shape index (κ1) is 14.8. The zero-order valence-corrected chi connectivity index (χ0v) is 11.5. The molecular weight excluding hydrogens is 242 g/mol. The van der Waals surface area contributed by atoms with E-state index in [-0.39, 0.29) is 11.9 Å². The SMILES string of the molecule is CCCNC(=O)C(C)Nc1ccc(C#N)cc1OC. The molecule has 5 heteroatoms. The van der Waals surface area contributed by atoms with Crippen LogP contribution in [0.4, 0.5) is 5.69 Å². The summed E-state index contributed by atoms with van der Waals surface area (Å²) in [5.41, 5.74) is 1.21. The summed E-state index contributed by atoms with van der Waals surface area (Å²) in [4.78, 5) is 11.8. The number of nitrogens with one attached hydrogen (secondary N) is 2. The third-order valence-electron chi connectivity index (χ3n) is 2.65. The highest BCUT2D eigenvalue weighted by molar-refractivity contribution is 5.84. The number of nitrogens with zero attached hydrogens (tertiary/aromatic N) is 1. The van der Waals surface area contributed by atoms with Gasteiger partial charge in [-0.2, -0.15) is 5.26 Å². The Morgan fingerprint density at radius 3 is 2.84 bits per heavy atom. The lowest BCUT2D eigenvalue weighted by molar-refractivity contribution is -0.121. The number of ether oxygens (including phenoxy) is 1. The maximum Gasteiger partial charge on any atom is 0.242 e. The first-order chi connectivity index (χ1) is 9.12. The number of anilines is 1. The van der Waals surface area contributed by atoms with Crippen molar-refractivity contribution in [2.75, 3.05) is 19.0 Å². The van der Waals surface area contributed by atoms with E-state index in [9.17, 15) is 4.79 Å². The Morgan fingerprint density at radius 1 is 1.53 bits per heavy atom. The summed E-state index contributed by atoms with van der Waals surface area (Å²) in [6, 6.07) is 6.74. The molecule has 102 valence electrons. The van der Waals surface area contributed by atoms with Gasteiger partial charge in [-0.05, 0) is 25.5 Å². The number of methoxy groups -OCH3 is 1. The number of rotatable bonds is 6. The molecule has 1 unspecified atom stereocenters. The van der Waals surface area contributed by atoms with Gasteiger partial charge < -0.3 is 15.4 Å². The monoisotopic (exact) mass is 261 g/mol. The van der Waals surface area contributed by atoms with Crippen molar-refractivity contribution in [2.45, 2.75) is 26.3 Å². The second-order valence-corrected chi connectivity index (χ2v) is 4.18. The van der Waals surface area contributed by atoms with Crippen LogP contribution in [0.5, 0.6) is 5.75 Å². The Balaban J connectivity index is 2.76. The molecule has 0 aliphatic carbocycles. The highest BCUT2D eigenvalue weighted by Gasteiger charge is 2.14. The predicted molar refractivity (Wildman–Crippen MR) is 74.1 cm³/mol. The minimum Gasteiger partial charge on any atom is -0.495 e. The molecule has 0 bridgehead atoms. The van der Waals surface area contributed by atoms with E-state index in [0.29, 0.717) is 23.5 Å². The molecular formula is C14H19N3O2. The number of carbonyl (C=O) groups is 1. The quantitative estimate of drug-likeness (QED) is 0.820. The molecule has 0 saturated heterocycles.